The molecule has 0 saturated carbocycles. The van der Waals surface area contributed by atoms with Crippen molar-refractivity contribution in [3.8, 4) is 0 Å². The van der Waals surface area contributed by atoms with Crippen LogP contribution in [0.4, 0.5) is 0 Å². The lowest BCUT2D eigenvalue weighted by Crippen LogP contribution is -3.00. The van der Waals surface area contributed by atoms with Gasteiger partial charge in [0.1, 0.15) is 0 Å². The molecule has 0 aromatic carbocycles. The van der Waals surface area contributed by atoms with Crippen molar-refractivity contribution in [3.63, 3.8) is 0 Å². The van der Waals surface area contributed by atoms with Gasteiger partial charge in [0.15, 0.2) is 12.4 Å². The molecule has 5 heteroatoms. The predicted octanol–water partition coefficient (Wildman–Crippen LogP) is -1.60. The van der Waals surface area contributed by atoms with E-state index in [-0.39, 0.29) is 28.2 Å². The van der Waals surface area contributed by atoms with Gasteiger partial charge < -0.3 is 22.2 Å². The second kappa shape index (κ2) is 6.49. The molecule has 1 aromatic heterocycles. The van der Waals surface area contributed by atoms with Crippen LogP contribution in [0.1, 0.15) is 26.3 Å². The number of hydrogen-bond donors (Lipinski definition) is 1. The molecule has 4 nitrogen and oxygen atoms in total. The van der Waals surface area contributed by atoms with E-state index in [2.05, 4.69) is 5.16 Å². The molecule has 1 aromatic rings. The zero-order chi connectivity index (χ0) is 12.2. The molecule has 0 radical (unpaired) electrons. The minimum atomic E-state index is -0.339. The Kier molecular flexibility index (Phi) is 6.02. The molecule has 94 valence electrons. The molecule has 0 aliphatic heterocycles. The fourth-order valence-electron chi connectivity index (χ4n) is 1.19. The molecule has 1 heterocycles. The number of aromatic nitrogens is 1. The first-order chi connectivity index (χ1) is 7.43. The maximum Gasteiger partial charge on any atom is 0.207 e. The lowest BCUT2D eigenvalue weighted by molar-refractivity contribution is -0.684. The first kappa shape index (κ1) is 15.8. The summed E-state index contributed by atoms with van der Waals surface area (Å²) in [5.41, 5.74) is 0.417. The molecule has 0 atom stereocenters. The summed E-state index contributed by atoms with van der Waals surface area (Å²) in [5.74, 6) is 0.163. The van der Waals surface area contributed by atoms with E-state index in [4.69, 9.17) is 5.21 Å². The molecular weight excluding hydrogens is 284 g/mol. The van der Waals surface area contributed by atoms with Gasteiger partial charge in [-0.2, -0.15) is 4.57 Å². The fraction of sp³-hybridized carbons (Fsp3) is 0.417. The largest absolute Gasteiger partial charge is 1.00 e. The minimum absolute atomic E-state index is 0. The highest BCUT2D eigenvalue weighted by Crippen LogP contribution is 2.14. The van der Waals surface area contributed by atoms with Gasteiger partial charge in [-0.3, -0.25) is 4.79 Å². The van der Waals surface area contributed by atoms with Gasteiger partial charge in [0, 0.05) is 11.5 Å². The van der Waals surface area contributed by atoms with Gasteiger partial charge in [-0.05, 0) is 6.07 Å². The summed E-state index contributed by atoms with van der Waals surface area (Å²) >= 11 is 0. The van der Waals surface area contributed by atoms with Crippen LogP contribution in [0.15, 0.2) is 29.7 Å². The highest BCUT2D eigenvalue weighted by molar-refractivity contribution is 5.82. The Morgan fingerprint density at radius 3 is 2.71 bits per heavy atom. The number of nitrogens with zero attached hydrogens (tertiary/aromatic N) is 2. The zero-order valence-corrected chi connectivity index (χ0v) is 11.8. The van der Waals surface area contributed by atoms with E-state index in [0.717, 1.165) is 5.56 Å². The summed E-state index contributed by atoms with van der Waals surface area (Å²) in [6.07, 6.45) is 4.92. The Hall–Kier alpha value is -1.23. The smallest absolute Gasteiger partial charge is 0.207 e. The Balaban J connectivity index is 0.00000256. The first-order valence-corrected chi connectivity index (χ1v) is 5.13. The molecule has 17 heavy (non-hydrogen) atoms. The Bertz CT molecular complexity index is 411. The molecule has 0 fully saturated rings. The summed E-state index contributed by atoms with van der Waals surface area (Å²) in [6.45, 7) is 6.02. The third-order valence-corrected chi connectivity index (χ3v) is 2.25. The maximum absolute atomic E-state index is 11.8. The zero-order valence-electron chi connectivity index (χ0n) is 10.2. The molecule has 0 saturated heterocycles. The van der Waals surface area contributed by atoms with Crippen molar-refractivity contribution >= 4 is 12.0 Å². The molecule has 1 rings (SSSR count). The van der Waals surface area contributed by atoms with Gasteiger partial charge in [-0.15, -0.1) is 0 Å². The lowest BCUT2D eigenvalue weighted by Gasteiger charge is -2.13. The van der Waals surface area contributed by atoms with E-state index in [1.54, 1.807) is 16.8 Å². The number of ketones is 1. The molecular formula is C12H17BrN2O2. The summed E-state index contributed by atoms with van der Waals surface area (Å²) in [7, 11) is 0. The van der Waals surface area contributed by atoms with Crippen molar-refractivity contribution in [3.05, 3.63) is 30.1 Å². The maximum atomic E-state index is 11.8. The minimum Gasteiger partial charge on any atom is -1.00 e. The third-order valence-electron chi connectivity index (χ3n) is 2.25. The van der Waals surface area contributed by atoms with Crippen LogP contribution in [-0.2, 0) is 11.3 Å². The second-order valence-electron chi connectivity index (χ2n) is 4.73. The van der Waals surface area contributed by atoms with E-state index >= 15 is 0 Å². The third kappa shape index (κ3) is 5.08. The average Bonchev–Trinajstić information content (AvgIpc) is 2.17. The standard InChI is InChI=1S/C12H16N2O2.BrH/c1-12(2,3)11(15)9-14-6-4-5-10(8-14)7-13-16;/h4-8H,9H2,1-3H3;1H/b13-7+;. The van der Waals surface area contributed by atoms with Gasteiger partial charge in [-0.1, -0.05) is 25.9 Å². The van der Waals surface area contributed by atoms with Crippen LogP contribution in [0, 0.1) is 5.41 Å². The van der Waals surface area contributed by atoms with E-state index in [1.165, 1.54) is 6.21 Å². The van der Waals surface area contributed by atoms with Crippen LogP contribution in [0.3, 0.4) is 0 Å². The van der Waals surface area contributed by atoms with Crippen molar-refractivity contribution in [2.45, 2.75) is 27.3 Å². The predicted molar refractivity (Wildman–Crippen MR) is 60.5 cm³/mol. The highest BCUT2D eigenvalue weighted by atomic mass is 79.9. The Morgan fingerprint density at radius 1 is 1.53 bits per heavy atom. The molecule has 0 spiro atoms. The van der Waals surface area contributed by atoms with Crippen LogP contribution in [-0.4, -0.2) is 17.2 Å². The van der Waals surface area contributed by atoms with E-state index in [0.29, 0.717) is 6.54 Å². The Morgan fingerprint density at radius 2 is 2.18 bits per heavy atom. The topological polar surface area (TPSA) is 53.5 Å². The number of carbonyl (C=O) groups excluding carboxylic acids is 1. The molecule has 1 N–H and O–H groups in total. The van der Waals surface area contributed by atoms with Gasteiger partial charge in [0.2, 0.25) is 12.3 Å². The number of Topliss-reactive ketones (excluding diaryl/α,β-unsaturated/α-hetero) is 1. The monoisotopic (exact) mass is 300 g/mol. The number of rotatable bonds is 3. The van der Waals surface area contributed by atoms with Crippen molar-refractivity contribution in [1.29, 1.82) is 0 Å². The SMILES string of the molecule is CC(C)(C)C(=O)C[n+]1cccc(/C=N/O)c1.[Br-]. The van der Waals surface area contributed by atoms with Gasteiger partial charge >= 0.3 is 0 Å². The molecule has 0 bridgehead atoms. The van der Waals surface area contributed by atoms with Crippen molar-refractivity contribution < 1.29 is 31.6 Å². The molecule has 0 unspecified atom stereocenters. The fourth-order valence-corrected chi connectivity index (χ4v) is 1.19. The summed E-state index contributed by atoms with van der Waals surface area (Å²) in [5, 5.41) is 11.4. The van der Waals surface area contributed by atoms with Gasteiger partial charge in [-0.25, -0.2) is 0 Å². The number of oxime groups is 1. The van der Waals surface area contributed by atoms with Crippen LogP contribution in [0.25, 0.3) is 0 Å². The summed E-state index contributed by atoms with van der Waals surface area (Å²) in [6, 6.07) is 3.62. The lowest BCUT2D eigenvalue weighted by atomic mass is 9.91. The average molecular weight is 301 g/mol. The second-order valence-corrected chi connectivity index (χ2v) is 4.73. The van der Waals surface area contributed by atoms with E-state index in [1.807, 2.05) is 33.0 Å². The molecule has 0 aliphatic rings. The van der Waals surface area contributed by atoms with Crippen molar-refractivity contribution in [2.24, 2.45) is 10.6 Å². The number of carbonyl (C=O) groups is 1. The number of pyridine rings is 1. The number of hydrogen-bond acceptors (Lipinski definition) is 3. The highest BCUT2D eigenvalue weighted by Gasteiger charge is 2.24. The van der Waals surface area contributed by atoms with E-state index in [9.17, 15) is 4.79 Å². The summed E-state index contributed by atoms with van der Waals surface area (Å²) < 4.78 is 1.78. The van der Waals surface area contributed by atoms with Crippen LogP contribution in [0.5, 0.6) is 0 Å². The van der Waals surface area contributed by atoms with Crippen LogP contribution < -0.4 is 21.5 Å². The van der Waals surface area contributed by atoms with Crippen LogP contribution in [0.2, 0.25) is 0 Å². The molecule has 0 amide bonds. The van der Waals surface area contributed by atoms with Gasteiger partial charge in [0.05, 0.1) is 11.8 Å². The normalized spacial score (nSPS) is 11.2. The number of halogens is 1. The quantitative estimate of drug-likeness (QED) is 0.316. The Labute approximate surface area is 112 Å². The van der Waals surface area contributed by atoms with Crippen molar-refractivity contribution in [2.75, 3.05) is 0 Å². The first-order valence-electron chi connectivity index (χ1n) is 5.13. The van der Waals surface area contributed by atoms with Gasteiger partial charge in [0.25, 0.3) is 0 Å². The van der Waals surface area contributed by atoms with E-state index < -0.39 is 0 Å². The van der Waals surface area contributed by atoms with Crippen LogP contribution >= 0.6 is 0 Å². The molecule has 0 aliphatic carbocycles. The van der Waals surface area contributed by atoms with Crippen molar-refractivity contribution in [1.82, 2.24) is 0 Å². The summed E-state index contributed by atoms with van der Waals surface area (Å²) in [4.78, 5) is 11.8.